The second kappa shape index (κ2) is 8.12. The van der Waals surface area contributed by atoms with Crippen molar-refractivity contribution in [1.82, 2.24) is 15.3 Å². The molecule has 1 atom stereocenters. The van der Waals surface area contributed by atoms with Gasteiger partial charge in [0.1, 0.15) is 5.76 Å². The van der Waals surface area contributed by atoms with E-state index in [2.05, 4.69) is 21.4 Å². The molecular weight excluding hydrogens is 342 g/mol. The minimum atomic E-state index is -0.189. The van der Waals surface area contributed by atoms with Crippen LogP contribution in [0.15, 0.2) is 57.7 Å². The maximum Gasteiger partial charge on any atom is 0.287 e. The van der Waals surface area contributed by atoms with Crippen molar-refractivity contribution in [2.24, 2.45) is 0 Å². The van der Waals surface area contributed by atoms with Gasteiger partial charge in [-0.05, 0) is 36.6 Å². The van der Waals surface area contributed by atoms with E-state index in [0.29, 0.717) is 16.7 Å². The van der Waals surface area contributed by atoms with Crippen molar-refractivity contribution in [2.75, 3.05) is 0 Å². The predicted molar refractivity (Wildman–Crippen MR) is 95.3 cm³/mol. The lowest BCUT2D eigenvalue weighted by molar-refractivity contribution is 0.0911. The lowest BCUT2D eigenvalue weighted by Gasteiger charge is -2.11. The largest absolute Gasteiger partial charge is 0.455 e. The van der Waals surface area contributed by atoms with Crippen LogP contribution < -0.4 is 5.32 Å². The van der Waals surface area contributed by atoms with Crippen LogP contribution in [0.2, 0.25) is 0 Å². The van der Waals surface area contributed by atoms with Gasteiger partial charge in [-0.25, -0.2) is 9.97 Å². The lowest BCUT2D eigenvalue weighted by atomic mass is 10.2. The normalized spacial score (nSPS) is 12.0. The molecule has 0 aromatic carbocycles. The van der Waals surface area contributed by atoms with Gasteiger partial charge in [0.2, 0.25) is 0 Å². The summed E-state index contributed by atoms with van der Waals surface area (Å²) < 4.78 is 5.62. The molecule has 24 heavy (non-hydrogen) atoms. The number of thioether (sulfide) groups is 1. The molecule has 1 unspecified atom stereocenters. The van der Waals surface area contributed by atoms with Crippen LogP contribution in [0.5, 0.6) is 0 Å². The Morgan fingerprint density at radius 1 is 1.29 bits per heavy atom. The highest BCUT2D eigenvalue weighted by molar-refractivity contribution is 7.98. The molecule has 124 valence electrons. The summed E-state index contributed by atoms with van der Waals surface area (Å²) in [6.45, 7) is 1.99. The number of nitrogens with one attached hydrogen (secondary N) is 1. The molecule has 5 nitrogen and oxygen atoms in total. The maximum atomic E-state index is 12.2. The number of amides is 1. The Morgan fingerprint density at radius 3 is 2.88 bits per heavy atom. The van der Waals surface area contributed by atoms with Gasteiger partial charge in [-0.2, -0.15) is 0 Å². The number of hydrogen-bond acceptors (Lipinski definition) is 6. The fourth-order valence-corrected chi connectivity index (χ4v) is 3.68. The molecule has 3 rings (SSSR count). The molecule has 0 saturated carbocycles. The number of nitrogens with zero attached hydrogens (tertiary/aromatic N) is 2. The van der Waals surface area contributed by atoms with Crippen LogP contribution in [0.4, 0.5) is 0 Å². The van der Waals surface area contributed by atoms with Gasteiger partial charge >= 0.3 is 0 Å². The lowest BCUT2D eigenvalue weighted by Crippen LogP contribution is -2.33. The summed E-state index contributed by atoms with van der Waals surface area (Å²) >= 11 is 3.16. The number of rotatable bonds is 7. The number of furan rings is 1. The number of carbonyl (C=O) groups excluding carboxylic acids is 1. The second-order valence-corrected chi connectivity index (χ2v) is 7.22. The van der Waals surface area contributed by atoms with E-state index in [1.165, 1.54) is 16.6 Å². The van der Waals surface area contributed by atoms with E-state index in [1.54, 1.807) is 35.9 Å². The van der Waals surface area contributed by atoms with Gasteiger partial charge in [0.25, 0.3) is 5.91 Å². The summed E-state index contributed by atoms with van der Waals surface area (Å²) in [6, 6.07) is 9.43. The molecule has 7 heteroatoms. The first-order valence-electron chi connectivity index (χ1n) is 7.52. The van der Waals surface area contributed by atoms with E-state index in [-0.39, 0.29) is 11.9 Å². The molecule has 0 aliphatic rings. The van der Waals surface area contributed by atoms with Crippen LogP contribution in [0.1, 0.15) is 28.1 Å². The van der Waals surface area contributed by atoms with Crippen LogP contribution >= 0.6 is 23.1 Å². The average Bonchev–Trinajstić information content (AvgIpc) is 3.25. The zero-order valence-electron chi connectivity index (χ0n) is 13.1. The molecule has 0 aliphatic carbocycles. The van der Waals surface area contributed by atoms with Crippen molar-refractivity contribution in [2.45, 2.75) is 30.3 Å². The molecular formula is C17H17N3O2S2. The number of thiophene rings is 1. The first-order valence-corrected chi connectivity index (χ1v) is 9.39. The molecule has 0 radical (unpaired) electrons. The highest BCUT2D eigenvalue weighted by Crippen LogP contribution is 2.20. The smallest absolute Gasteiger partial charge is 0.287 e. The molecule has 3 heterocycles. The van der Waals surface area contributed by atoms with E-state index < -0.39 is 0 Å². The molecule has 0 aliphatic heterocycles. The molecule has 0 spiro atoms. The van der Waals surface area contributed by atoms with Gasteiger partial charge in [-0.3, -0.25) is 4.79 Å². The van der Waals surface area contributed by atoms with Gasteiger partial charge in [0.05, 0.1) is 5.75 Å². The van der Waals surface area contributed by atoms with Gasteiger partial charge < -0.3 is 9.73 Å². The monoisotopic (exact) mass is 359 g/mol. The zero-order valence-corrected chi connectivity index (χ0v) is 14.8. The third kappa shape index (κ3) is 4.69. The predicted octanol–water partition coefficient (Wildman–Crippen LogP) is 3.78. The van der Waals surface area contributed by atoms with Gasteiger partial charge in [-0.1, -0.05) is 17.8 Å². The topological polar surface area (TPSA) is 68.0 Å². The van der Waals surface area contributed by atoms with Gasteiger partial charge in [-0.15, -0.1) is 11.3 Å². The van der Waals surface area contributed by atoms with Gasteiger partial charge in [0.15, 0.2) is 10.9 Å². The average molecular weight is 359 g/mol. The number of aromatic nitrogens is 2. The Labute approximate surface area is 148 Å². The second-order valence-electron chi connectivity index (χ2n) is 5.24. The van der Waals surface area contributed by atoms with Crippen LogP contribution in [-0.4, -0.2) is 21.9 Å². The van der Waals surface area contributed by atoms with Crippen LogP contribution in [0.25, 0.3) is 0 Å². The van der Waals surface area contributed by atoms with Crippen LogP contribution in [0.3, 0.4) is 0 Å². The number of hydrogen-bond donors (Lipinski definition) is 1. The summed E-state index contributed by atoms with van der Waals surface area (Å²) in [5.74, 6) is 1.45. The summed E-state index contributed by atoms with van der Waals surface area (Å²) in [4.78, 5) is 21.8. The minimum Gasteiger partial charge on any atom is -0.455 e. The molecule has 1 N–H and O–H groups in total. The standard InChI is InChI=1S/C17H17N3O2S2/c1-12(10-14-4-2-9-23-14)20-16(21)15-6-5-13(22-15)11-24-17-18-7-3-8-19-17/h2-9,12H,10-11H2,1H3,(H,20,21). The van der Waals surface area contributed by atoms with Crippen molar-refractivity contribution in [3.05, 3.63) is 64.5 Å². The van der Waals surface area contributed by atoms with E-state index in [4.69, 9.17) is 4.42 Å². The zero-order chi connectivity index (χ0) is 16.8. The van der Waals surface area contributed by atoms with Crippen molar-refractivity contribution in [1.29, 1.82) is 0 Å². The molecule has 0 bridgehead atoms. The quantitative estimate of drug-likeness (QED) is 0.513. The first kappa shape index (κ1) is 16.7. The number of carbonyl (C=O) groups is 1. The van der Waals surface area contributed by atoms with E-state index in [1.807, 2.05) is 24.4 Å². The van der Waals surface area contributed by atoms with E-state index in [9.17, 15) is 4.79 Å². The minimum absolute atomic E-state index is 0.0526. The molecule has 1 amide bonds. The maximum absolute atomic E-state index is 12.2. The third-order valence-corrected chi connectivity index (χ3v) is 5.03. The Bertz CT molecular complexity index is 772. The van der Waals surface area contributed by atoms with Crippen molar-refractivity contribution in [3.8, 4) is 0 Å². The van der Waals surface area contributed by atoms with E-state index >= 15 is 0 Å². The highest BCUT2D eigenvalue weighted by Gasteiger charge is 2.15. The highest BCUT2D eigenvalue weighted by atomic mass is 32.2. The molecule has 3 aromatic heterocycles. The SMILES string of the molecule is CC(Cc1cccs1)NC(=O)c1ccc(CSc2ncccn2)o1. The molecule has 3 aromatic rings. The summed E-state index contributed by atoms with van der Waals surface area (Å²) in [5.41, 5.74) is 0. The van der Waals surface area contributed by atoms with Crippen molar-refractivity contribution < 1.29 is 9.21 Å². The Morgan fingerprint density at radius 2 is 2.12 bits per heavy atom. The fraction of sp³-hybridized carbons (Fsp3) is 0.235. The van der Waals surface area contributed by atoms with Crippen LogP contribution in [-0.2, 0) is 12.2 Å². The third-order valence-electron chi connectivity index (χ3n) is 3.24. The first-order chi connectivity index (χ1) is 11.7. The Kier molecular flexibility index (Phi) is 5.66. The Balaban J connectivity index is 1.51. The fourth-order valence-electron chi connectivity index (χ4n) is 2.15. The summed E-state index contributed by atoms with van der Waals surface area (Å²) in [7, 11) is 0. The summed E-state index contributed by atoms with van der Waals surface area (Å²) in [6.07, 6.45) is 4.22. The molecule has 0 fully saturated rings. The Hall–Kier alpha value is -2.12. The van der Waals surface area contributed by atoms with Gasteiger partial charge in [0, 0.05) is 29.7 Å². The molecule has 0 saturated heterocycles. The van der Waals surface area contributed by atoms with Crippen LogP contribution in [0, 0.1) is 0 Å². The van der Waals surface area contributed by atoms with Crippen molar-refractivity contribution in [3.63, 3.8) is 0 Å². The van der Waals surface area contributed by atoms with Crippen molar-refractivity contribution >= 4 is 29.0 Å². The summed E-state index contributed by atoms with van der Waals surface area (Å²) in [5, 5.41) is 5.69. The van der Waals surface area contributed by atoms with E-state index in [0.717, 1.165) is 12.2 Å².